The first kappa shape index (κ1) is 20.6. The molecule has 0 aromatic heterocycles. The number of benzene rings is 2. The summed E-state index contributed by atoms with van der Waals surface area (Å²) in [6.07, 6.45) is 3.64. The fraction of sp³-hybridized carbons (Fsp3) is 0.409. The van der Waals surface area contributed by atoms with E-state index in [2.05, 4.69) is 28.9 Å². The Balaban J connectivity index is 1.55. The van der Waals surface area contributed by atoms with Crippen molar-refractivity contribution >= 4 is 37.5 Å². The highest BCUT2D eigenvalue weighted by atomic mass is 79.9. The molecule has 4 rings (SSSR count). The number of nitrogens with zero attached hydrogens (tertiary/aromatic N) is 2. The van der Waals surface area contributed by atoms with Gasteiger partial charge in [-0.3, -0.25) is 4.79 Å². The molecule has 0 spiro atoms. The van der Waals surface area contributed by atoms with E-state index < -0.39 is 10.0 Å². The number of halogens is 1. The highest BCUT2D eigenvalue weighted by molar-refractivity contribution is 9.10. The van der Waals surface area contributed by atoms with Gasteiger partial charge in [-0.15, -0.1) is 0 Å². The van der Waals surface area contributed by atoms with Gasteiger partial charge in [0.15, 0.2) is 0 Å². The Morgan fingerprint density at radius 1 is 1.03 bits per heavy atom. The second-order valence-corrected chi connectivity index (χ2v) is 10.8. The third kappa shape index (κ3) is 4.13. The standard InChI is InChI=1S/C22H25BrN2O3S/c1-16-10-13-24(14-11-16)29(27,28)20-7-4-17(5-8-20)22(26)25-12-2-3-18-15-19(23)6-9-21(18)25/h4-9,15-16H,2-3,10-14H2,1H3. The fourth-order valence-electron chi connectivity index (χ4n) is 4.08. The van der Waals surface area contributed by atoms with E-state index in [-0.39, 0.29) is 10.8 Å². The van der Waals surface area contributed by atoms with Crippen molar-refractivity contribution in [1.29, 1.82) is 0 Å². The minimum atomic E-state index is -3.50. The van der Waals surface area contributed by atoms with E-state index in [9.17, 15) is 13.2 Å². The summed E-state index contributed by atoms with van der Waals surface area (Å²) in [5.41, 5.74) is 2.59. The van der Waals surface area contributed by atoms with Gasteiger partial charge in [0.05, 0.1) is 4.90 Å². The van der Waals surface area contributed by atoms with E-state index >= 15 is 0 Å². The van der Waals surface area contributed by atoms with Crippen molar-refractivity contribution in [3.63, 3.8) is 0 Å². The first-order chi connectivity index (χ1) is 13.9. The molecular weight excluding hydrogens is 452 g/mol. The van der Waals surface area contributed by atoms with Crippen LogP contribution in [-0.4, -0.2) is 38.3 Å². The molecule has 2 aromatic carbocycles. The van der Waals surface area contributed by atoms with Crippen LogP contribution in [0, 0.1) is 5.92 Å². The van der Waals surface area contributed by atoms with Crippen molar-refractivity contribution < 1.29 is 13.2 Å². The lowest BCUT2D eigenvalue weighted by Gasteiger charge is -2.30. The molecule has 0 bridgehead atoms. The topological polar surface area (TPSA) is 57.7 Å². The molecule has 1 saturated heterocycles. The van der Waals surface area contributed by atoms with Crippen LogP contribution in [-0.2, 0) is 16.4 Å². The molecule has 154 valence electrons. The van der Waals surface area contributed by atoms with Gasteiger partial charge in [-0.2, -0.15) is 4.31 Å². The van der Waals surface area contributed by atoms with Gasteiger partial charge in [0.25, 0.3) is 5.91 Å². The normalized spacial score (nSPS) is 18.5. The first-order valence-electron chi connectivity index (χ1n) is 10.1. The second kappa shape index (κ2) is 8.20. The molecular formula is C22H25BrN2O3S. The molecule has 2 aliphatic rings. The van der Waals surface area contributed by atoms with E-state index in [1.807, 2.05) is 12.1 Å². The number of hydrogen-bond acceptors (Lipinski definition) is 3. The first-order valence-corrected chi connectivity index (χ1v) is 12.3. The van der Waals surface area contributed by atoms with Gasteiger partial charge in [-0.25, -0.2) is 8.42 Å². The lowest BCUT2D eigenvalue weighted by molar-refractivity contribution is 0.0985. The van der Waals surface area contributed by atoms with Crippen LogP contribution in [0.3, 0.4) is 0 Å². The Hall–Kier alpha value is -1.70. The molecule has 29 heavy (non-hydrogen) atoms. The van der Waals surface area contributed by atoms with E-state index in [0.29, 0.717) is 31.1 Å². The summed E-state index contributed by atoms with van der Waals surface area (Å²) in [4.78, 5) is 15.1. The Morgan fingerprint density at radius 3 is 2.41 bits per heavy atom. The highest BCUT2D eigenvalue weighted by Crippen LogP contribution is 2.31. The molecule has 7 heteroatoms. The lowest BCUT2D eigenvalue weighted by atomic mass is 10.0. The van der Waals surface area contributed by atoms with Crippen LogP contribution in [0.15, 0.2) is 51.8 Å². The van der Waals surface area contributed by atoms with Gasteiger partial charge in [0, 0.05) is 35.4 Å². The lowest BCUT2D eigenvalue weighted by Crippen LogP contribution is -2.38. The third-order valence-electron chi connectivity index (χ3n) is 5.89. The van der Waals surface area contributed by atoms with Gasteiger partial charge >= 0.3 is 0 Å². The van der Waals surface area contributed by atoms with Crippen LogP contribution in [0.25, 0.3) is 0 Å². The largest absolute Gasteiger partial charge is 0.308 e. The van der Waals surface area contributed by atoms with Gasteiger partial charge in [-0.1, -0.05) is 22.9 Å². The summed E-state index contributed by atoms with van der Waals surface area (Å²) in [5, 5.41) is 0. The monoisotopic (exact) mass is 476 g/mol. The Morgan fingerprint density at radius 2 is 1.72 bits per heavy atom. The average Bonchev–Trinajstić information content (AvgIpc) is 2.73. The zero-order valence-electron chi connectivity index (χ0n) is 16.5. The highest BCUT2D eigenvalue weighted by Gasteiger charge is 2.29. The van der Waals surface area contributed by atoms with Crippen LogP contribution in [0.2, 0.25) is 0 Å². The molecule has 1 amide bonds. The number of carbonyl (C=O) groups is 1. The molecule has 0 N–H and O–H groups in total. The van der Waals surface area contributed by atoms with Gasteiger partial charge in [0.1, 0.15) is 0 Å². The molecule has 0 unspecified atom stereocenters. The summed E-state index contributed by atoms with van der Waals surface area (Å²) in [6.45, 7) is 3.94. The van der Waals surface area contributed by atoms with Crippen LogP contribution >= 0.6 is 15.9 Å². The average molecular weight is 477 g/mol. The maximum atomic E-state index is 13.1. The molecule has 2 heterocycles. The zero-order chi connectivity index (χ0) is 20.6. The molecule has 2 aliphatic heterocycles. The molecule has 2 aromatic rings. The number of aryl methyl sites for hydroxylation is 1. The number of amides is 1. The number of hydrogen-bond donors (Lipinski definition) is 0. The molecule has 0 aliphatic carbocycles. The van der Waals surface area contributed by atoms with E-state index in [0.717, 1.165) is 41.4 Å². The molecule has 0 radical (unpaired) electrons. The van der Waals surface area contributed by atoms with Crippen molar-refractivity contribution in [2.24, 2.45) is 5.92 Å². The number of sulfonamides is 1. The smallest absolute Gasteiger partial charge is 0.258 e. The Kier molecular flexibility index (Phi) is 5.82. The predicted octanol–water partition coefficient (Wildman–Crippen LogP) is 4.46. The maximum Gasteiger partial charge on any atom is 0.258 e. The van der Waals surface area contributed by atoms with Gasteiger partial charge in [0.2, 0.25) is 10.0 Å². The maximum absolute atomic E-state index is 13.1. The number of rotatable bonds is 3. The zero-order valence-corrected chi connectivity index (χ0v) is 18.9. The van der Waals surface area contributed by atoms with E-state index in [1.165, 1.54) is 0 Å². The number of anilines is 1. The minimum absolute atomic E-state index is 0.0935. The quantitative estimate of drug-likeness (QED) is 0.656. The molecule has 5 nitrogen and oxygen atoms in total. The number of carbonyl (C=O) groups excluding carboxylic acids is 1. The predicted molar refractivity (Wildman–Crippen MR) is 118 cm³/mol. The van der Waals surface area contributed by atoms with Crippen molar-refractivity contribution in [3.05, 3.63) is 58.1 Å². The number of piperidine rings is 1. The Labute approximate surface area is 180 Å². The van der Waals surface area contributed by atoms with E-state index in [1.54, 1.807) is 33.5 Å². The summed E-state index contributed by atoms with van der Waals surface area (Å²) in [5.74, 6) is 0.471. The number of fused-ring (bicyclic) bond motifs is 1. The van der Waals surface area contributed by atoms with E-state index in [4.69, 9.17) is 0 Å². The summed E-state index contributed by atoms with van der Waals surface area (Å²) < 4.78 is 28.4. The Bertz CT molecular complexity index is 1010. The van der Waals surface area contributed by atoms with Crippen LogP contribution < -0.4 is 4.90 Å². The van der Waals surface area contributed by atoms with Crippen molar-refractivity contribution in [3.8, 4) is 0 Å². The van der Waals surface area contributed by atoms with Crippen molar-refractivity contribution in [1.82, 2.24) is 4.31 Å². The summed E-state index contributed by atoms with van der Waals surface area (Å²) >= 11 is 3.49. The third-order valence-corrected chi connectivity index (χ3v) is 8.29. The summed E-state index contributed by atoms with van der Waals surface area (Å²) in [6, 6.07) is 12.4. The van der Waals surface area contributed by atoms with Crippen LogP contribution in [0.4, 0.5) is 5.69 Å². The van der Waals surface area contributed by atoms with Crippen LogP contribution in [0.1, 0.15) is 42.1 Å². The fourth-order valence-corrected chi connectivity index (χ4v) is 5.95. The SMILES string of the molecule is CC1CCN(S(=O)(=O)c2ccc(C(=O)N3CCCc4cc(Br)ccc43)cc2)CC1. The van der Waals surface area contributed by atoms with Crippen molar-refractivity contribution in [2.45, 2.75) is 37.5 Å². The van der Waals surface area contributed by atoms with Crippen LogP contribution in [0.5, 0.6) is 0 Å². The van der Waals surface area contributed by atoms with Crippen molar-refractivity contribution in [2.75, 3.05) is 24.5 Å². The van der Waals surface area contributed by atoms with Gasteiger partial charge < -0.3 is 4.90 Å². The molecule has 1 fully saturated rings. The molecule has 0 atom stereocenters. The second-order valence-electron chi connectivity index (χ2n) is 7.94. The van der Waals surface area contributed by atoms with Gasteiger partial charge in [-0.05, 0) is 79.6 Å². The minimum Gasteiger partial charge on any atom is -0.308 e. The molecule has 0 saturated carbocycles. The summed E-state index contributed by atoms with van der Waals surface area (Å²) in [7, 11) is -3.50.